The Morgan fingerprint density at radius 1 is 1.04 bits per heavy atom. The Hall–Kier alpha value is -3.43. The molecule has 1 rings (SSSR count). The van der Waals surface area contributed by atoms with Crippen molar-refractivity contribution in [3.8, 4) is 0 Å². The van der Waals surface area contributed by atoms with Crippen molar-refractivity contribution in [3.05, 3.63) is 35.4 Å². The molecule has 0 unspecified atom stereocenters. The molecule has 0 heterocycles. The average molecular weight is 378 g/mol. The third-order valence-corrected chi connectivity index (χ3v) is 3.59. The lowest BCUT2D eigenvalue weighted by Gasteiger charge is -2.12. The highest BCUT2D eigenvalue weighted by atomic mass is 16.4. The zero-order chi connectivity index (χ0) is 20.4. The Kier molecular flexibility index (Phi) is 8.43. The molecule has 0 spiro atoms. The van der Waals surface area contributed by atoms with Gasteiger partial charge in [-0.05, 0) is 25.0 Å². The monoisotopic (exact) mass is 378 g/mol. The molecule has 27 heavy (non-hydrogen) atoms. The molecule has 0 saturated heterocycles. The number of rotatable bonds is 11. The summed E-state index contributed by atoms with van der Waals surface area (Å²) in [6, 6.07) is 4.77. The van der Waals surface area contributed by atoms with Crippen LogP contribution in [-0.2, 0) is 14.4 Å². The van der Waals surface area contributed by atoms with Gasteiger partial charge in [0.15, 0.2) is 0 Å². The van der Waals surface area contributed by atoms with Gasteiger partial charge in [0.1, 0.15) is 11.9 Å². The largest absolute Gasteiger partial charge is 0.481 e. The maximum absolute atomic E-state index is 11.9. The molecule has 7 N–H and O–H groups in total. The number of carbonyl (C=O) groups is 4. The molecule has 0 saturated carbocycles. The second kappa shape index (κ2) is 10.5. The number of nitrogen functional groups attached to an aromatic ring is 1. The van der Waals surface area contributed by atoms with Crippen molar-refractivity contribution < 1.29 is 29.4 Å². The van der Waals surface area contributed by atoms with Gasteiger partial charge >= 0.3 is 11.9 Å². The normalized spacial score (nSPS) is 11.3. The number of carboxylic acid groups (broad SMARTS) is 2. The number of unbranched alkanes of at least 4 members (excludes halogenated alkanes) is 1. The van der Waals surface area contributed by atoms with Gasteiger partial charge in [-0.2, -0.15) is 0 Å². The van der Waals surface area contributed by atoms with E-state index >= 15 is 0 Å². The summed E-state index contributed by atoms with van der Waals surface area (Å²) in [6.07, 6.45) is 0.211. The van der Waals surface area contributed by atoms with Crippen LogP contribution in [0.3, 0.4) is 0 Å². The zero-order valence-corrected chi connectivity index (χ0v) is 14.5. The topological polar surface area (TPSA) is 183 Å². The Labute approximate surface area is 155 Å². The molecule has 0 aliphatic heterocycles. The Balaban J connectivity index is 2.30. The quantitative estimate of drug-likeness (QED) is 0.177. The summed E-state index contributed by atoms with van der Waals surface area (Å²) in [5.74, 6) is -3.68. The molecule has 1 atom stereocenters. The van der Waals surface area contributed by atoms with Crippen molar-refractivity contribution in [2.24, 2.45) is 5.73 Å². The van der Waals surface area contributed by atoms with Crippen LogP contribution in [0.25, 0.3) is 0 Å². The van der Waals surface area contributed by atoms with Crippen molar-refractivity contribution in [3.63, 3.8) is 0 Å². The van der Waals surface area contributed by atoms with Crippen LogP contribution in [0.4, 0.5) is 0 Å². The van der Waals surface area contributed by atoms with Crippen LogP contribution in [0.2, 0.25) is 0 Å². The lowest BCUT2D eigenvalue weighted by atomic mass is 10.1. The van der Waals surface area contributed by atoms with Crippen LogP contribution in [0.1, 0.15) is 41.6 Å². The minimum atomic E-state index is -1.47. The van der Waals surface area contributed by atoms with Crippen molar-refractivity contribution in [2.75, 3.05) is 6.54 Å². The summed E-state index contributed by atoms with van der Waals surface area (Å²) in [4.78, 5) is 45.0. The number of nitrogens with two attached hydrogens (primary N) is 1. The number of nitrogens with one attached hydrogen (secondary N) is 3. The van der Waals surface area contributed by atoms with E-state index in [0.29, 0.717) is 30.5 Å². The fourth-order valence-electron chi connectivity index (χ4n) is 2.16. The molecule has 146 valence electrons. The Morgan fingerprint density at radius 2 is 1.63 bits per heavy atom. The fourth-order valence-corrected chi connectivity index (χ4v) is 2.16. The van der Waals surface area contributed by atoms with Crippen LogP contribution >= 0.6 is 0 Å². The molecule has 1 aromatic rings. The summed E-state index contributed by atoms with van der Waals surface area (Å²) in [7, 11) is 0. The number of aliphatic carboxylic acids is 2. The van der Waals surface area contributed by atoms with Gasteiger partial charge in [0.05, 0.1) is 6.42 Å². The number of amides is 2. The first-order valence-electron chi connectivity index (χ1n) is 8.17. The number of carbonyl (C=O) groups excluding carboxylic acids is 2. The summed E-state index contributed by atoms with van der Waals surface area (Å²) in [6.45, 7) is 0.318. The van der Waals surface area contributed by atoms with Gasteiger partial charge in [0.25, 0.3) is 5.91 Å². The van der Waals surface area contributed by atoms with Gasteiger partial charge in [-0.25, -0.2) is 4.79 Å². The van der Waals surface area contributed by atoms with Crippen molar-refractivity contribution in [1.82, 2.24) is 10.6 Å². The Bertz CT molecular complexity index is 717. The van der Waals surface area contributed by atoms with Gasteiger partial charge in [-0.1, -0.05) is 12.1 Å². The molecule has 0 aromatic heterocycles. The molecule has 10 nitrogen and oxygen atoms in total. The first-order valence-corrected chi connectivity index (χ1v) is 8.17. The maximum Gasteiger partial charge on any atom is 0.326 e. The van der Waals surface area contributed by atoms with E-state index < -0.39 is 30.3 Å². The highest BCUT2D eigenvalue weighted by Crippen LogP contribution is 2.04. The third kappa shape index (κ3) is 7.99. The van der Waals surface area contributed by atoms with Gasteiger partial charge in [0, 0.05) is 24.1 Å². The van der Waals surface area contributed by atoms with Gasteiger partial charge in [-0.3, -0.25) is 19.8 Å². The minimum absolute atomic E-state index is 0.0204. The Morgan fingerprint density at radius 3 is 2.15 bits per heavy atom. The van der Waals surface area contributed by atoms with Crippen LogP contribution in [-0.4, -0.2) is 52.4 Å². The number of amidine groups is 1. The first-order chi connectivity index (χ1) is 12.7. The van der Waals surface area contributed by atoms with E-state index in [9.17, 15) is 19.2 Å². The summed E-state index contributed by atoms with van der Waals surface area (Å²) in [5.41, 5.74) is 6.26. The molecule has 0 fully saturated rings. The molecule has 10 heteroatoms. The van der Waals surface area contributed by atoms with Crippen LogP contribution in [0.15, 0.2) is 24.3 Å². The maximum atomic E-state index is 11.9. The predicted molar refractivity (Wildman–Crippen MR) is 95.5 cm³/mol. The van der Waals surface area contributed by atoms with Crippen molar-refractivity contribution in [1.29, 1.82) is 5.41 Å². The van der Waals surface area contributed by atoms with Gasteiger partial charge in [0.2, 0.25) is 5.91 Å². The molecule has 0 aliphatic rings. The van der Waals surface area contributed by atoms with E-state index in [1.54, 1.807) is 24.3 Å². The van der Waals surface area contributed by atoms with Crippen molar-refractivity contribution >= 4 is 29.6 Å². The second-order valence-corrected chi connectivity index (χ2v) is 5.76. The van der Waals surface area contributed by atoms with Gasteiger partial charge < -0.3 is 26.6 Å². The molecule has 0 radical (unpaired) electrons. The highest BCUT2D eigenvalue weighted by molar-refractivity contribution is 5.98. The lowest BCUT2D eigenvalue weighted by molar-refractivity contribution is -0.147. The first kappa shape index (κ1) is 21.6. The second-order valence-electron chi connectivity index (χ2n) is 5.76. The molecule has 0 bridgehead atoms. The van der Waals surface area contributed by atoms with Crippen LogP contribution in [0, 0.1) is 5.41 Å². The van der Waals surface area contributed by atoms with Crippen LogP contribution < -0.4 is 16.4 Å². The van der Waals surface area contributed by atoms with E-state index in [2.05, 4.69) is 10.6 Å². The third-order valence-electron chi connectivity index (χ3n) is 3.59. The molecular formula is C17H22N4O6. The summed E-state index contributed by atoms with van der Waals surface area (Å²) in [5, 5.41) is 29.6. The highest BCUT2D eigenvalue weighted by Gasteiger charge is 2.22. The number of carboxylic acids is 2. The molecular weight excluding hydrogens is 356 g/mol. The van der Waals surface area contributed by atoms with Crippen LogP contribution in [0.5, 0.6) is 0 Å². The number of hydrogen-bond donors (Lipinski definition) is 6. The number of hydrogen-bond acceptors (Lipinski definition) is 5. The zero-order valence-electron chi connectivity index (χ0n) is 14.5. The molecule has 1 aromatic carbocycles. The summed E-state index contributed by atoms with van der Waals surface area (Å²) >= 11 is 0. The fraction of sp³-hybridized carbons (Fsp3) is 0.353. The van der Waals surface area contributed by atoms with Gasteiger partial charge in [-0.15, -0.1) is 0 Å². The predicted octanol–water partition coefficient (Wildman–Crippen LogP) is -0.0851. The average Bonchev–Trinajstić information content (AvgIpc) is 2.60. The van der Waals surface area contributed by atoms with E-state index in [1.165, 1.54) is 0 Å². The molecule has 0 aliphatic carbocycles. The molecule has 2 amide bonds. The SMILES string of the molecule is N=C(N)c1ccc(C(=O)NCCCCC(=O)N[C@@H](CC(=O)O)C(=O)O)cc1. The lowest BCUT2D eigenvalue weighted by Crippen LogP contribution is -2.42. The smallest absolute Gasteiger partial charge is 0.326 e. The van der Waals surface area contributed by atoms with Crippen molar-refractivity contribution in [2.45, 2.75) is 31.7 Å². The number of benzene rings is 1. The van der Waals surface area contributed by atoms with E-state index in [0.717, 1.165) is 0 Å². The standard InChI is InChI=1S/C17H22N4O6/c18-15(19)10-4-6-11(7-5-10)16(25)20-8-2-1-3-13(22)21-12(17(26)27)9-14(23)24/h4-7,12H,1-3,8-9H2,(H3,18,19)(H,20,25)(H,21,22)(H,23,24)(H,26,27)/t12-/m0/s1. The van der Waals surface area contributed by atoms with E-state index in [4.69, 9.17) is 21.4 Å². The van der Waals surface area contributed by atoms with E-state index in [1.807, 2.05) is 0 Å². The minimum Gasteiger partial charge on any atom is -0.481 e. The summed E-state index contributed by atoms with van der Waals surface area (Å²) < 4.78 is 0. The van der Waals surface area contributed by atoms with E-state index in [-0.39, 0.29) is 18.2 Å².